The van der Waals surface area contributed by atoms with Crippen molar-refractivity contribution in [3.05, 3.63) is 83.0 Å². The Balaban J connectivity index is 1.34. The number of aryl methyl sites for hydroxylation is 2. The van der Waals surface area contributed by atoms with Crippen molar-refractivity contribution in [2.45, 2.75) is 32.4 Å². The Morgan fingerprint density at radius 3 is 2.74 bits per heavy atom. The van der Waals surface area contributed by atoms with Gasteiger partial charge in [0.1, 0.15) is 5.78 Å². The first-order chi connectivity index (χ1) is 14.8. The Kier molecular flexibility index (Phi) is 5.67. The fraction of sp³-hybridized carbons (Fsp3) is 0.250. The number of alkyl halides is 3. The standard InChI is InChI=1S/C24H20F3N3O/c1-15-2-3-16(11-22(15)24(25,26)27)10-19(31)7-6-18-5-4-17(12-29-18)21-13-30-23-14-28-9-8-20(21)23/h2-5,8-9,11-14,20H,6-7,10H2,1H3. The topological polar surface area (TPSA) is 54.7 Å². The minimum atomic E-state index is -4.42. The molecule has 0 saturated heterocycles. The van der Waals surface area contributed by atoms with E-state index in [0.29, 0.717) is 12.0 Å². The Bertz CT molecular complexity index is 1130. The molecule has 1 atom stereocenters. The third-order valence-electron chi connectivity index (χ3n) is 5.40. The number of Topliss-reactive ketones (excluding diaryl/α,β-unsaturated/α-hetero) is 1. The van der Waals surface area contributed by atoms with Crippen molar-refractivity contribution in [3.63, 3.8) is 0 Å². The summed E-state index contributed by atoms with van der Waals surface area (Å²) < 4.78 is 39.2. The Morgan fingerprint density at radius 2 is 2.00 bits per heavy atom. The molecular weight excluding hydrogens is 403 g/mol. The quantitative estimate of drug-likeness (QED) is 0.644. The molecule has 31 heavy (non-hydrogen) atoms. The van der Waals surface area contributed by atoms with Gasteiger partial charge in [0.15, 0.2) is 0 Å². The van der Waals surface area contributed by atoms with Crippen molar-refractivity contribution in [2.24, 2.45) is 15.9 Å². The van der Waals surface area contributed by atoms with Crippen LogP contribution in [0.3, 0.4) is 0 Å². The fourth-order valence-electron chi connectivity index (χ4n) is 3.70. The lowest BCUT2D eigenvalue weighted by atomic mass is 9.91. The van der Waals surface area contributed by atoms with E-state index in [1.165, 1.54) is 13.0 Å². The summed E-state index contributed by atoms with van der Waals surface area (Å²) in [6, 6.07) is 7.87. The summed E-state index contributed by atoms with van der Waals surface area (Å²) in [5.74, 6) is -0.0335. The van der Waals surface area contributed by atoms with Crippen LogP contribution in [-0.2, 0) is 23.8 Å². The lowest BCUT2D eigenvalue weighted by molar-refractivity contribution is -0.138. The van der Waals surface area contributed by atoms with Crippen LogP contribution in [0.1, 0.15) is 34.4 Å². The van der Waals surface area contributed by atoms with Gasteiger partial charge in [0.05, 0.1) is 11.3 Å². The molecule has 2 aliphatic heterocycles. The molecule has 4 rings (SSSR count). The van der Waals surface area contributed by atoms with Crippen LogP contribution in [0.5, 0.6) is 0 Å². The van der Waals surface area contributed by atoms with Gasteiger partial charge in [-0.2, -0.15) is 13.2 Å². The number of aliphatic imine (C=N–C) groups is 2. The first-order valence-electron chi connectivity index (χ1n) is 9.92. The SMILES string of the molecule is Cc1ccc(CC(=O)CCc2ccc(C3=CN=C4C=NC=CC34)cn2)cc1C(F)(F)F. The number of allylic oxidation sites excluding steroid dienone is 2. The molecule has 7 heteroatoms. The number of nitrogens with zero attached hydrogens (tertiary/aromatic N) is 3. The van der Waals surface area contributed by atoms with Gasteiger partial charge < -0.3 is 0 Å². The number of hydrogen-bond donors (Lipinski definition) is 0. The summed E-state index contributed by atoms with van der Waals surface area (Å²) >= 11 is 0. The molecule has 0 fully saturated rings. The maximum absolute atomic E-state index is 13.1. The number of aromatic nitrogens is 1. The van der Waals surface area contributed by atoms with Gasteiger partial charge >= 0.3 is 6.18 Å². The highest BCUT2D eigenvalue weighted by Gasteiger charge is 2.32. The highest BCUT2D eigenvalue weighted by atomic mass is 19.4. The van der Waals surface area contributed by atoms with E-state index in [1.807, 2.05) is 24.4 Å². The number of pyridine rings is 1. The predicted octanol–water partition coefficient (Wildman–Crippen LogP) is 5.16. The zero-order valence-electron chi connectivity index (χ0n) is 16.9. The predicted molar refractivity (Wildman–Crippen MR) is 114 cm³/mol. The smallest absolute Gasteiger partial charge is 0.299 e. The van der Waals surface area contributed by atoms with E-state index in [0.717, 1.165) is 28.6 Å². The molecular formula is C24H20F3N3O. The van der Waals surface area contributed by atoms with Gasteiger partial charge in [-0.15, -0.1) is 0 Å². The second kappa shape index (κ2) is 8.41. The van der Waals surface area contributed by atoms with Crippen molar-refractivity contribution >= 4 is 23.3 Å². The monoisotopic (exact) mass is 423 g/mol. The molecule has 0 amide bonds. The van der Waals surface area contributed by atoms with Gasteiger partial charge in [0.2, 0.25) is 0 Å². The van der Waals surface area contributed by atoms with E-state index in [2.05, 4.69) is 15.0 Å². The van der Waals surface area contributed by atoms with E-state index in [1.54, 1.807) is 24.7 Å². The van der Waals surface area contributed by atoms with Crippen LogP contribution in [-0.4, -0.2) is 22.7 Å². The maximum Gasteiger partial charge on any atom is 0.416 e. The van der Waals surface area contributed by atoms with Gasteiger partial charge in [0.25, 0.3) is 0 Å². The summed E-state index contributed by atoms with van der Waals surface area (Å²) in [4.78, 5) is 25.2. The number of fused-ring (bicyclic) bond motifs is 1. The summed E-state index contributed by atoms with van der Waals surface area (Å²) in [6.45, 7) is 1.41. The zero-order chi connectivity index (χ0) is 22.0. The van der Waals surface area contributed by atoms with E-state index in [4.69, 9.17) is 0 Å². The summed E-state index contributed by atoms with van der Waals surface area (Å²) in [5.41, 5.74) is 3.50. The summed E-state index contributed by atoms with van der Waals surface area (Å²) in [7, 11) is 0. The molecule has 0 radical (unpaired) electrons. The molecule has 158 valence electrons. The molecule has 1 aromatic carbocycles. The first-order valence-corrected chi connectivity index (χ1v) is 9.92. The van der Waals surface area contributed by atoms with E-state index in [-0.39, 0.29) is 30.1 Å². The highest BCUT2D eigenvalue weighted by molar-refractivity contribution is 6.36. The molecule has 0 saturated carbocycles. The molecule has 1 aromatic heterocycles. The number of carbonyl (C=O) groups excluding carboxylic acids is 1. The van der Waals surface area contributed by atoms with Crippen molar-refractivity contribution < 1.29 is 18.0 Å². The third kappa shape index (κ3) is 4.71. The summed E-state index contributed by atoms with van der Waals surface area (Å²) in [6.07, 6.45) is 5.28. The van der Waals surface area contributed by atoms with E-state index in [9.17, 15) is 18.0 Å². The number of hydrogen-bond acceptors (Lipinski definition) is 4. The van der Waals surface area contributed by atoms with Crippen LogP contribution in [0.15, 0.2) is 65.0 Å². The van der Waals surface area contributed by atoms with E-state index >= 15 is 0 Å². The molecule has 4 nitrogen and oxygen atoms in total. The van der Waals surface area contributed by atoms with Gasteiger partial charge in [-0.25, -0.2) is 0 Å². The van der Waals surface area contributed by atoms with Crippen LogP contribution in [0.2, 0.25) is 0 Å². The molecule has 2 aliphatic rings. The van der Waals surface area contributed by atoms with Crippen LogP contribution in [0.25, 0.3) is 5.57 Å². The minimum absolute atomic E-state index is 0.0238. The Labute approximate surface area is 178 Å². The van der Waals surface area contributed by atoms with Gasteiger partial charge in [0, 0.05) is 49.3 Å². The van der Waals surface area contributed by atoms with Crippen LogP contribution < -0.4 is 0 Å². The molecule has 1 unspecified atom stereocenters. The van der Waals surface area contributed by atoms with Crippen LogP contribution in [0, 0.1) is 12.8 Å². The average Bonchev–Trinajstić information content (AvgIpc) is 3.17. The van der Waals surface area contributed by atoms with Crippen molar-refractivity contribution in [2.75, 3.05) is 0 Å². The lowest BCUT2D eigenvalue weighted by Crippen LogP contribution is -2.14. The molecule has 2 aromatic rings. The minimum Gasteiger partial charge on any atom is -0.299 e. The largest absolute Gasteiger partial charge is 0.416 e. The second-order valence-electron chi connectivity index (χ2n) is 7.64. The first kappa shape index (κ1) is 20.9. The van der Waals surface area contributed by atoms with Gasteiger partial charge in [-0.3, -0.25) is 19.8 Å². The second-order valence-corrected chi connectivity index (χ2v) is 7.64. The van der Waals surface area contributed by atoms with Crippen molar-refractivity contribution in [3.8, 4) is 0 Å². The molecule has 0 N–H and O–H groups in total. The fourth-order valence-corrected chi connectivity index (χ4v) is 3.70. The maximum atomic E-state index is 13.1. The lowest BCUT2D eigenvalue weighted by Gasteiger charge is -2.13. The average molecular weight is 423 g/mol. The third-order valence-corrected chi connectivity index (χ3v) is 5.40. The zero-order valence-corrected chi connectivity index (χ0v) is 16.9. The van der Waals surface area contributed by atoms with Crippen molar-refractivity contribution in [1.82, 2.24) is 4.98 Å². The van der Waals surface area contributed by atoms with Crippen LogP contribution in [0.4, 0.5) is 13.2 Å². The number of rotatable bonds is 6. The summed E-state index contributed by atoms with van der Waals surface area (Å²) in [5, 5.41) is 0. The Morgan fingerprint density at radius 1 is 1.16 bits per heavy atom. The number of halogens is 3. The molecule has 0 aliphatic carbocycles. The van der Waals surface area contributed by atoms with Gasteiger partial charge in [-0.1, -0.05) is 24.3 Å². The van der Waals surface area contributed by atoms with Crippen LogP contribution >= 0.6 is 0 Å². The number of ketones is 1. The highest BCUT2D eigenvalue weighted by Crippen LogP contribution is 2.33. The normalized spacial score (nSPS) is 17.4. The molecule has 0 bridgehead atoms. The number of benzene rings is 1. The molecule has 0 spiro atoms. The van der Waals surface area contributed by atoms with Crippen molar-refractivity contribution in [1.29, 1.82) is 0 Å². The molecule has 3 heterocycles. The number of carbonyl (C=O) groups is 1. The van der Waals surface area contributed by atoms with Gasteiger partial charge in [-0.05, 0) is 47.7 Å². The van der Waals surface area contributed by atoms with E-state index < -0.39 is 11.7 Å². The Hall–Kier alpha value is -3.35.